The third-order valence-corrected chi connectivity index (χ3v) is 3.68. The van der Waals surface area contributed by atoms with E-state index in [2.05, 4.69) is 4.98 Å². The molecule has 6 heteroatoms. The zero-order valence-corrected chi connectivity index (χ0v) is 12.7. The van der Waals surface area contributed by atoms with Crippen LogP contribution in [-0.4, -0.2) is 12.1 Å². The minimum Gasteiger partial charge on any atom is -0.497 e. The fourth-order valence-corrected chi connectivity index (χ4v) is 2.51. The molecule has 0 fully saturated rings. The molecule has 1 heterocycles. The van der Waals surface area contributed by atoms with E-state index in [0.29, 0.717) is 27.2 Å². The summed E-state index contributed by atoms with van der Waals surface area (Å²) in [6.07, 6.45) is -4.52. The Morgan fingerprint density at radius 2 is 1.70 bits per heavy atom. The highest BCUT2D eigenvalue weighted by molar-refractivity contribution is 6.31. The molecule has 0 saturated carbocycles. The Balaban J connectivity index is 2.26. The minimum absolute atomic E-state index is 0.116. The second-order valence-electron chi connectivity index (χ2n) is 4.95. The van der Waals surface area contributed by atoms with Crippen LogP contribution in [0.1, 0.15) is 5.56 Å². The molecule has 0 saturated heterocycles. The maximum absolute atomic E-state index is 13.4. The first-order valence-electron chi connectivity index (χ1n) is 6.70. The SMILES string of the molecule is COc1ccc(-c2nc3ccc(Cl)cc3cc2C(F)(F)F)cc1. The summed E-state index contributed by atoms with van der Waals surface area (Å²) in [6.45, 7) is 0. The van der Waals surface area contributed by atoms with E-state index in [1.54, 1.807) is 36.4 Å². The molecule has 0 bridgehead atoms. The van der Waals surface area contributed by atoms with Gasteiger partial charge in [-0.15, -0.1) is 0 Å². The van der Waals surface area contributed by atoms with Crippen LogP contribution in [0, 0.1) is 0 Å². The lowest BCUT2D eigenvalue weighted by molar-refractivity contribution is -0.137. The third-order valence-electron chi connectivity index (χ3n) is 3.45. The van der Waals surface area contributed by atoms with Crippen LogP contribution in [0.15, 0.2) is 48.5 Å². The number of rotatable bonds is 2. The summed E-state index contributed by atoms with van der Waals surface area (Å²) in [7, 11) is 1.49. The quantitative estimate of drug-likeness (QED) is 0.608. The molecular formula is C17H11ClF3NO. The molecule has 3 aromatic rings. The van der Waals surface area contributed by atoms with Crippen molar-refractivity contribution in [3.63, 3.8) is 0 Å². The standard InChI is InChI=1S/C17H11ClF3NO/c1-23-13-5-2-10(3-6-13)16-14(17(19,20)21)9-11-8-12(18)4-7-15(11)22-16/h2-9H,1H3. The zero-order valence-electron chi connectivity index (χ0n) is 12.0. The second-order valence-corrected chi connectivity index (χ2v) is 5.38. The molecule has 0 atom stereocenters. The summed E-state index contributed by atoms with van der Waals surface area (Å²) >= 11 is 5.85. The lowest BCUT2D eigenvalue weighted by Gasteiger charge is -2.14. The van der Waals surface area contributed by atoms with E-state index in [9.17, 15) is 13.2 Å². The van der Waals surface area contributed by atoms with Crippen LogP contribution in [0.5, 0.6) is 5.75 Å². The number of hydrogen-bond acceptors (Lipinski definition) is 2. The van der Waals surface area contributed by atoms with E-state index in [0.717, 1.165) is 6.07 Å². The van der Waals surface area contributed by atoms with Crippen LogP contribution in [-0.2, 0) is 6.18 Å². The third kappa shape index (κ3) is 3.10. The predicted molar refractivity (Wildman–Crippen MR) is 83.7 cm³/mol. The second kappa shape index (κ2) is 5.74. The van der Waals surface area contributed by atoms with Crippen LogP contribution >= 0.6 is 11.6 Å². The Bertz CT molecular complexity index is 860. The number of methoxy groups -OCH3 is 1. The molecule has 0 unspecified atom stereocenters. The summed E-state index contributed by atoms with van der Waals surface area (Å²) in [5.74, 6) is 0.565. The van der Waals surface area contributed by atoms with Crippen molar-refractivity contribution < 1.29 is 17.9 Å². The Labute approximate surface area is 135 Å². The highest BCUT2D eigenvalue weighted by Gasteiger charge is 2.35. The summed E-state index contributed by atoms with van der Waals surface area (Å²) in [5.41, 5.74) is -0.0874. The van der Waals surface area contributed by atoms with Gasteiger partial charge in [-0.3, -0.25) is 0 Å². The molecule has 23 heavy (non-hydrogen) atoms. The number of fused-ring (bicyclic) bond motifs is 1. The van der Waals surface area contributed by atoms with Gasteiger partial charge in [-0.05, 0) is 48.5 Å². The summed E-state index contributed by atoms with van der Waals surface area (Å²) < 4.78 is 45.3. The van der Waals surface area contributed by atoms with Gasteiger partial charge in [-0.2, -0.15) is 13.2 Å². The molecule has 0 aliphatic heterocycles. The van der Waals surface area contributed by atoms with Crippen molar-refractivity contribution in [1.29, 1.82) is 0 Å². The van der Waals surface area contributed by atoms with Gasteiger partial charge < -0.3 is 4.74 Å². The van der Waals surface area contributed by atoms with Crippen molar-refractivity contribution in [2.24, 2.45) is 0 Å². The van der Waals surface area contributed by atoms with Crippen LogP contribution in [0.2, 0.25) is 5.02 Å². The molecule has 118 valence electrons. The molecule has 0 N–H and O–H groups in total. The van der Waals surface area contributed by atoms with Crippen molar-refractivity contribution in [2.75, 3.05) is 7.11 Å². The summed E-state index contributed by atoms with van der Waals surface area (Å²) in [6, 6.07) is 12.1. The largest absolute Gasteiger partial charge is 0.497 e. The maximum Gasteiger partial charge on any atom is 0.418 e. The van der Waals surface area contributed by atoms with Crippen LogP contribution in [0.25, 0.3) is 22.2 Å². The maximum atomic E-state index is 13.4. The summed E-state index contributed by atoms with van der Waals surface area (Å²) in [5, 5.41) is 0.715. The molecular weight excluding hydrogens is 327 g/mol. The van der Waals surface area contributed by atoms with Gasteiger partial charge in [-0.1, -0.05) is 11.6 Å². The molecule has 3 rings (SSSR count). The van der Waals surface area contributed by atoms with Crippen molar-refractivity contribution in [2.45, 2.75) is 6.18 Å². The normalized spacial score (nSPS) is 11.7. The fraction of sp³-hybridized carbons (Fsp3) is 0.118. The van der Waals surface area contributed by atoms with Gasteiger partial charge in [0.15, 0.2) is 0 Å². The topological polar surface area (TPSA) is 22.1 Å². The van der Waals surface area contributed by atoms with Crippen LogP contribution in [0.4, 0.5) is 13.2 Å². The Morgan fingerprint density at radius 1 is 1.00 bits per heavy atom. The lowest BCUT2D eigenvalue weighted by atomic mass is 10.0. The molecule has 0 aliphatic rings. The predicted octanol–water partition coefficient (Wildman–Crippen LogP) is 5.58. The van der Waals surface area contributed by atoms with Gasteiger partial charge in [-0.25, -0.2) is 4.98 Å². The molecule has 0 spiro atoms. The van der Waals surface area contributed by atoms with Gasteiger partial charge in [0.05, 0.1) is 23.9 Å². The highest BCUT2D eigenvalue weighted by atomic mass is 35.5. The average molecular weight is 338 g/mol. The van der Waals surface area contributed by atoms with Crippen molar-refractivity contribution >= 4 is 22.5 Å². The number of ether oxygens (including phenoxy) is 1. The molecule has 2 aromatic carbocycles. The van der Waals surface area contributed by atoms with Crippen molar-refractivity contribution in [3.05, 3.63) is 59.1 Å². The van der Waals surface area contributed by atoms with Crippen molar-refractivity contribution in [1.82, 2.24) is 4.98 Å². The Hall–Kier alpha value is -2.27. The van der Waals surface area contributed by atoms with Gasteiger partial charge in [0.2, 0.25) is 0 Å². The molecule has 0 radical (unpaired) electrons. The van der Waals surface area contributed by atoms with Crippen molar-refractivity contribution in [3.8, 4) is 17.0 Å². The smallest absolute Gasteiger partial charge is 0.418 e. The highest BCUT2D eigenvalue weighted by Crippen LogP contribution is 2.38. The van der Waals surface area contributed by atoms with E-state index in [4.69, 9.17) is 16.3 Å². The van der Waals surface area contributed by atoms with Gasteiger partial charge in [0.25, 0.3) is 0 Å². The fourth-order valence-electron chi connectivity index (χ4n) is 2.33. The minimum atomic E-state index is -4.52. The van der Waals surface area contributed by atoms with Crippen LogP contribution < -0.4 is 4.74 Å². The van der Waals surface area contributed by atoms with E-state index < -0.39 is 11.7 Å². The average Bonchev–Trinajstić information content (AvgIpc) is 2.53. The number of halogens is 4. The first kappa shape index (κ1) is 15.6. The van der Waals surface area contributed by atoms with Gasteiger partial charge in [0.1, 0.15) is 5.75 Å². The summed E-state index contributed by atoms with van der Waals surface area (Å²) in [4.78, 5) is 4.19. The number of pyridine rings is 1. The van der Waals surface area contributed by atoms with E-state index >= 15 is 0 Å². The number of alkyl halides is 3. The molecule has 1 aromatic heterocycles. The monoisotopic (exact) mass is 337 g/mol. The molecule has 2 nitrogen and oxygen atoms in total. The van der Waals surface area contributed by atoms with Crippen LogP contribution in [0.3, 0.4) is 0 Å². The van der Waals surface area contributed by atoms with Gasteiger partial charge >= 0.3 is 6.18 Å². The van der Waals surface area contributed by atoms with Gasteiger partial charge in [0, 0.05) is 16.0 Å². The lowest BCUT2D eigenvalue weighted by Crippen LogP contribution is -2.08. The van der Waals surface area contributed by atoms with E-state index in [1.165, 1.54) is 13.2 Å². The zero-order chi connectivity index (χ0) is 16.6. The Morgan fingerprint density at radius 3 is 2.30 bits per heavy atom. The number of benzene rings is 2. The molecule has 0 aliphatic carbocycles. The van der Waals surface area contributed by atoms with E-state index in [1.807, 2.05) is 0 Å². The first-order valence-corrected chi connectivity index (χ1v) is 7.08. The number of nitrogens with zero attached hydrogens (tertiary/aromatic N) is 1. The first-order chi connectivity index (χ1) is 10.9. The Kier molecular flexibility index (Phi) is 3.90. The van der Waals surface area contributed by atoms with E-state index in [-0.39, 0.29) is 5.69 Å². The molecule has 0 amide bonds. The number of aromatic nitrogens is 1. The number of hydrogen-bond donors (Lipinski definition) is 0.